The fraction of sp³-hybridized carbons (Fsp3) is 0.483. The summed E-state index contributed by atoms with van der Waals surface area (Å²) in [7, 11) is 0. The molecule has 0 saturated carbocycles. The zero-order valence-corrected chi connectivity index (χ0v) is 23.6. The van der Waals surface area contributed by atoms with Gasteiger partial charge < -0.3 is 35.0 Å². The molecule has 0 spiro atoms. The third-order valence-electron chi connectivity index (χ3n) is 6.67. The molecule has 2 aromatic rings. The van der Waals surface area contributed by atoms with Crippen molar-refractivity contribution < 1.29 is 44.3 Å². The second-order valence-corrected chi connectivity index (χ2v) is 9.80. The quantitative estimate of drug-likeness (QED) is 0.223. The van der Waals surface area contributed by atoms with Crippen molar-refractivity contribution in [1.82, 2.24) is 19.4 Å². The van der Waals surface area contributed by atoms with E-state index >= 15 is 0 Å². The Balaban J connectivity index is 0.000000319. The Morgan fingerprint density at radius 2 is 1.38 bits per heavy atom. The van der Waals surface area contributed by atoms with Gasteiger partial charge in [0.25, 0.3) is 0 Å². The highest BCUT2D eigenvalue weighted by atomic mass is 16.5. The predicted molar refractivity (Wildman–Crippen MR) is 154 cm³/mol. The highest BCUT2D eigenvalue weighted by Gasteiger charge is 2.25. The van der Waals surface area contributed by atoms with Gasteiger partial charge in [0, 0.05) is 42.6 Å². The first-order chi connectivity index (χ1) is 20.1. The molecule has 2 aromatic heterocycles. The van der Waals surface area contributed by atoms with Gasteiger partial charge in [0.1, 0.15) is 0 Å². The van der Waals surface area contributed by atoms with Gasteiger partial charge in [-0.2, -0.15) is 0 Å². The van der Waals surface area contributed by atoms with Crippen molar-refractivity contribution in [3.8, 4) is 5.88 Å². The first-order valence-electron chi connectivity index (χ1n) is 14.0. The lowest BCUT2D eigenvalue weighted by Gasteiger charge is -2.40. The molecule has 2 aliphatic rings. The molecule has 13 heteroatoms. The van der Waals surface area contributed by atoms with E-state index in [0.717, 1.165) is 30.5 Å². The van der Waals surface area contributed by atoms with Gasteiger partial charge in [-0.3, -0.25) is 0 Å². The minimum absolute atomic E-state index is 0.558. The summed E-state index contributed by atoms with van der Waals surface area (Å²) in [5.41, 5.74) is 1.08. The number of nitrogens with zero attached hydrogens (tertiary/aromatic N) is 4. The molecule has 4 heterocycles. The Morgan fingerprint density at radius 3 is 1.90 bits per heavy atom. The van der Waals surface area contributed by atoms with Gasteiger partial charge in [0.15, 0.2) is 0 Å². The Kier molecular flexibility index (Phi) is 15.4. The van der Waals surface area contributed by atoms with Crippen molar-refractivity contribution in [2.45, 2.75) is 51.0 Å². The molecule has 0 radical (unpaired) electrons. The number of carboxylic acids is 4. The lowest BCUT2D eigenvalue weighted by Crippen LogP contribution is -2.46. The summed E-state index contributed by atoms with van der Waals surface area (Å²) in [6.07, 6.45) is 13.5. The van der Waals surface area contributed by atoms with E-state index in [0.29, 0.717) is 24.3 Å². The minimum atomic E-state index is -1.26. The van der Waals surface area contributed by atoms with Gasteiger partial charge in [-0.05, 0) is 83.4 Å². The van der Waals surface area contributed by atoms with Crippen LogP contribution in [0.5, 0.6) is 5.88 Å². The molecule has 0 unspecified atom stereocenters. The van der Waals surface area contributed by atoms with E-state index in [1.807, 2.05) is 35.0 Å². The summed E-state index contributed by atoms with van der Waals surface area (Å²) in [6.45, 7) is 7.19. The molecule has 4 N–H and O–H groups in total. The lowest BCUT2D eigenvalue weighted by molar-refractivity contribution is -0.134. The van der Waals surface area contributed by atoms with Crippen molar-refractivity contribution in [3.63, 3.8) is 0 Å². The average molecular weight is 589 g/mol. The lowest BCUT2D eigenvalue weighted by atomic mass is 10.00. The van der Waals surface area contributed by atoms with E-state index < -0.39 is 23.9 Å². The Hall–Kier alpha value is -4.23. The largest absolute Gasteiger partial charge is 0.478 e. The Labute approximate surface area is 244 Å². The summed E-state index contributed by atoms with van der Waals surface area (Å²) in [5.74, 6) is -4.29. The van der Waals surface area contributed by atoms with Crippen molar-refractivity contribution in [1.29, 1.82) is 0 Å². The van der Waals surface area contributed by atoms with E-state index in [9.17, 15) is 19.2 Å². The van der Waals surface area contributed by atoms with E-state index in [2.05, 4.69) is 14.9 Å². The van der Waals surface area contributed by atoms with Crippen molar-refractivity contribution in [2.24, 2.45) is 0 Å². The number of pyridine rings is 1. The van der Waals surface area contributed by atoms with Gasteiger partial charge >= 0.3 is 23.9 Å². The number of carboxylic acid groups (broad SMARTS) is 4. The maximum atomic E-state index is 9.55. The number of unbranched alkanes of at least 4 members (excludes halogenated alkanes) is 1. The van der Waals surface area contributed by atoms with Gasteiger partial charge in [-0.1, -0.05) is 12.5 Å². The monoisotopic (exact) mass is 588 g/mol. The normalized spacial score (nSPS) is 16.4. The van der Waals surface area contributed by atoms with Crippen LogP contribution in [-0.4, -0.2) is 109 Å². The maximum Gasteiger partial charge on any atom is 0.328 e. The number of fused-ring (bicyclic) bond motifs is 1. The molecule has 0 aliphatic carbocycles. The highest BCUT2D eigenvalue weighted by Crippen LogP contribution is 2.21. The molecular formula is C29H40N4O9. The number of aliphatic carboxylic acids is 4. The fourth-order valence-corrected chi connectivity index (χ4v) is 4.68. The SMILES string of the molecule is O=C(O)C=CC(=O)O.O=C(O)C=CC(=O)O.c1ccn2nc(OCCCCN3CCC(N4CCCCC4)CC3)cc2c1. The van der Waals surface area contributed by atoms with Gasteiger partial charge in [-0.25, -0.2) is 23.7 Å². The topological polar surface area (TPSA) is 182 Å². The average Bonchev–Trinajstić information content (AvgIpc) is 3.39. The third-order valence-corrected chi connectivity index (χ3v) is 6.67. The zero-order valence-electron chi connectivity index (χ0n) is 23.6. The maximum absolute atomic E-state index is 9.55. The van der Waals surface area contributed by atoms with E-state index in [1.54, 1.807) is 0 Å². The van der Waals surface area contributed by atoms with Crippen LogP contribution in [0.3, 0.4) is 0 Å². The molecule has 4 rings (SSSR count). The summed E-state index contributed by atoms with van der Waals surface area (Å²) in [4.78, 5) is 43.6. The summed E-state index contributed by atoms with van der Waals surface area (Å²) in [6, 6.07) is 8.91. The number of rotatable bonds is 11. The van der Waals surface area contributed by atoms with Crippen LogP contribution in [0.15, 0.2) is 54.8 Å². The number of hydrogen-bond donors (Lipinski definition) is 4. The number of hydrogen-bond acceptors (Lipinski definition) is 8. The first-order valence-corrected chi connectivity index (χ1v) is 14.0. The molecule has 2 saturated heterocycles. The molecule has 230 valence electrons. The predicted octanol–water partition coefficient (Wildman–Crippen LogP) is 2.87. The zero-order chi connectivity index (χ0) is 30.7. The van der Waals surface area contributed by atoms with Crippen molar-refractivity contribution in [3.05, 3.63) is 54.8 Å². The first kappa shape index (κ1) is 34.0. The second-order valence-electron chi connectivity index (χ2n) is 9.80. The van der Waals surface area contributed by atoms with Crippen LogP contribution >= 0.6 is 0 Å². The third kappa shape index (κ3) is 14.4. The molecule has 13 nitrogen and oxygen atoms in total. The summed E-state index contributed by atoms with van der Waals surface area (Å²) >= 11 is 0. The van der Waals surface area contributed by atoms with Crippen LogP contribution in [0.2, 0.25) is 0 Å². The summed E-state index contributed by atoms with van der Waals surface area (Å²) in [5, 5.41) is 35.7. The molecule has 2 fully saturated rings. The number of piperidine rings is 2. The molecule has 0 atom stereocenters. The van der Waals surface area contributed by atoms with Crippen LogP contribution in [-0.2, 0) is 19.2 Å². The van der Waals surface area contributed by atoms with Gasteiger partial charge in [0.2, 0.25) is 5.88 Å². The smallest absolute Gasteiger partial charge is 0.328 e. The number of likely N-dealkylation sites (tertiary alicyclic amines) is 2. The molecule has 0 bridgehead atoms. The van der Waals surface area contributed by atoms with Crippen LogP contribution in [0.1, 0.15) is 44.9 Å². The van der Waals surface area contributed by atoms with E-state index in [1.165, 1.54) is 71.2 Å². The fourth-order valence-electron chi connectivity index (χ4n) is 4.68. The van der Waals surface area contributed by atoms with Gasteiger partial charge in [-0.15, -0.1) is 5.10 Å². The van der Waals surface area contributed by atoms with E-state index in [4.69, 9.17) is 25.2 Å². The van der Waals surface area contributed by atoms with Crippen LogP contribution in [0.25, 0.3) is 5.52 Å². The van der Waals surface area contributed by atoms with E-state index in [-0.39, 0.29) is 0 Å². The number of aromatic nitrogens is 2. The number of ether oxygens (including phenoxy) is 1. The Bertz CT molecular complexity index is 1100. The van der Waals surface area contributed by atoms with Crippen LogP contribution < -0.4 is 4.74 Å². The minimum Gasteiger partial charge on any atom is -0.478 e. The molecule has 0 amide bonds. The second kappa shape index (κ2) is 19.0. The van der Waals surface area contributed by atoms with Gasteiger partial charge in [0.05, 0.1) is 12.1 Å². The van der Waals surface area contributed by atoms with Crippen LogP contribution in [0.4, 0.5) is 0 Å². The van der Waals surface area contributed by atoms with Crippen LogP contribution in [0, 0.1) is 0 Å². The Morgan fingerprint density at radius 1 is 0.810 bits per heavy atom. The highest BCUT2D eigenvalue weighted by molar-refractivity contribution is 5.90. The molecular weight excluding hydrogens is 548 g/mol. The standard InChI is InChI=1S/C21H32N4O.2C4H4O4/c1-3-12-24(13-4-1)19-9-15-23(16-10-19)11-6-7-17-26-21-18-20-8-2-5-14-25(20)22-21;2*5-3(6)1-2-4(7)8/h2,5,8,14,18-19H,1,3-4,6-7,9-13,15-17H2;2*1-2H,(H,5,6)(H,7,8). The summed E-state index contributed by atoms with van der Waals surface area (Å²) < 4.78 is 7.68. The van der Waals surface area contributed by atoms with Crippen molar-refractivity contribution >= 4 is 29.4 Å². The molecule has 42 heavy (non-hydrogen) atoms. The molecule has 2 aliphatic heterocycles. The van der Waals surface area contributed by atoms with Crippen molar-refractivity contribution in [2.75, 3.05) is 39.3 Å². The number of carbonyl (C=O) groups is 4. The molecule has 0 aromatic carbocycles.